The molecule has 13 heteroatoms. The molecule has 6 N–H and O–H groups in total. The van der Waals surface area contributed by atoms with Crippen molar-refractivity contribution in [2.45, 2.75) is 25.9 Å². The lowest BCUT2D eigenvalue weighted by atomic mass is 10.1. The third-order valence-corrected chi connectivity index (χ3v) is 7.36. The molecule has 1 fully saturated rings. The second kappa shape index (κ2) is 10.3. The first-order valence-electron chi connectivity index (χ1n) is 11.0. The topological polar surface area (TPSA) is 162 Å². The molecule has 2 aromatic heterocycles. The Balaban J connectivity index is 1.62. The van der Waals surface area contributed by atoms with Crippen LogP contribution in [0.4, 0.5) is 22.4 Å². The molecule has 0 aliphatic carbocycles. The number of anilines is 3. The van der Waals surface area contributed by atoms with Gasteiger partial charge in [-0.1, -0.05) is 13.0 Å². The maximum Gasteiger partial charge on any atom is 0.374 e. The minimum Gasteiger partial charge on any atom is -0.473 e. The summed E-state index contributed by atoms with van der Waals surface area (Å²) in [6, 6.07) is 5.09. The van der Waals surface area contributed by atoms with Gasteiger partial charge in [-0.2, -0.15) is 14.4 Å². The Kier molecular flexibility index (Phi) is 7.24. The highest BCUT2D eigenvalue weighted by Crippen LogP contribution is 2.30. The number of piperazine rings is 1. The number of rotatable bonds is 7. The van der Waals surface area contributed by atoms with Crippen molar-refractivity contribution >= 4 is 44.8 Å². The molecule has 1 saturated heterocycles. The van der Waals surface area contributed by atoms with Gasteiger partial charge in [0.05, 0.1) is 6.04 Å². The first kappa shape index (κ1) is 23.9. The standard InChI is InChI=1S/C21H29N9O3S/c1-13-10-30(34(12-13)21(32)33)28-20-26-17(25-14(2)15-4-3-5-23-9-15)8-18(27-20)29-7-6-24-16(11-29)19(22)31/h3-5,8-9,12-14,16,24H,6-7,10-11H2,1-2H3,(H2,22,31)(H,32,33)(H2,25,26,27,28). The lowest BCUT2D eigenvalue weighted by Gasteiger charge is -2.33. The predicted molar refractivity (Wildman–Crippen MR) is 133 cm³/mol. The third-order valence-electron chi connectivity index (χ3n) is 5.56. The molecule has 12 nitrogen and oxygen atoms in total. The predicted octanol–water partition coefficient (Wildman–Crippen LogP) is 1.25. The van der Waals surface area contributed by atoms with Crippen LogP contribution in [0.15, 0.2) is 30.6 Å². The average molecular weight is 488 g/mol. The summed E-state index contributed by atoms with van der Waals surface area (Å²) in [5, 5.41) is 17.0. The second-order valence-electron chi connectivity index (χ2n) is 8.31. The van der Waals surface area contributed by atoms with E-state index in [0.29, 0.717) is 37.8 Å². The molecule has 2 aliphatic heterocycles. The number of hydrogen-bond donors (Lipinski definition) is 5. The van der Waals surface area contributed by atoms with Gasteiger partial charge in [-0.15, -0.1) is 0 Å². The van der Waals surface area contributed by atoms with Crippen molar-refractivity contribution in [2.24, 2.45) is 11.7 Å². The summed E-state index contributed by atoms with van der Waals surface area (Å²) in [5.74, 6) is 1.13. The molecule has 1 amide bonds. The fourth-order valence-corrected chi connectivity index (χ4v) is 5.40. The molecule has 4 unspecified atom stereocenters. The van der Waals surface area contributed by atoms with Gasteiger partial charge in [0.2, 0.25) is 11.9 Å². The van der Waals surface area contributed by atoms with Gasteiger partial charge in [0.1, 0.15) is 17.7 Å². The molecule has 0 saturated carbocycles. The average Bonchev–Trinajstić information content (AvgIpc) is 3.19. The normalized spacial score (nSPS) is 23.7. The Morgan fingerprint density at radius 3 is 2.88 bits per heavy atom. The number of carboxylic acid groups (broad SMARTS) is 1. The molecular formula is C21H29N9O3S. The minimum absolute atomic E-state index is 0.0838. The van der Waals surface area contributed by atoms with E-state index in [0.717, 1.165) is 5.56 Å². The smallest absolute Gasteiger partial charge is 0.374 e. The van der Waals surface area contributed by atoms with Crippen LogP contribution in [-0.4, -0.2) is 73.3 Å². The zero-order chi connectivity index (χ0) is 24.2. The van der Waals surface area contributed by atoms with Gasteiger partial charge >= 0.3 is 5.30 Å². The van der Waals surface area contributed by atoms with E-state index in [4.69, 9.17) is 5.73 Å². The van der Waals surface area contributed by atoms with Crippen LogP contribution in [0.1, 0.15) is 25.5 Å². The summed E-state index contributed by atoms with van der Waals surface area (Å²) >= 11 is 0. The maximum absolute atomic E-state index is 11.7. The number of hydrazine groups is 1. The van der Waals surface area contributed by atoms with Crippen molar-refractivity contribution in [3.05, 3.63) is 36.2 Å². The Morgan fingerprint density at radius 1 is 1.35 bits per heavy atom. The zero-order valence-corrected chi connectivity index (χ0v) is 19.8. The van der Waals surface area contributed by atoms with Crippen molar-refractivity contribution in [3.8, 4) is 0 Å². The highest BCUT2D eigenvalue weighted by molar-refractivity contribution is 8.25. The van der Waals surface area contributed by atoms with Crippen LogP contribution < -0.4 is 26.7 Å². The van der Waals surface area contributed by atoms with Crippen molar-refractivity contribution in [3.63, 3.8) is 0 Å². The van der Waals surface area contributed by atoms with E-state index in [2.05, 4.69) is 31.0 Å². The van der Waals surface area contributed by atoms with Gasteiger partial charge in [-0.25, -0.2) is 4.79 Å². The van der Waals surface area contributed by atoms with Gasteiger partial charge in [-0.3, -0.25) is 15.2 Å². The van der Waals surface area contributed by atoms with Crippen LogP contribution in [-0.2, 0) is 4.79 Å². The van der Waals surface area contributed by atoms with E-state index in [9.17, 15) is 14.7 Å². The summed E-state index contributed by atoms with van der Waals surface area (Å²) in [4.78, 5) is 38.8. The Bertz CT molecular complexity index is 1080. The van der Waals surface area contributed by atoms with Crippen LogP contribution in [0, 0.1) is 5.92 Å². The fraction of sp³-hybridized carbons (Fsp3) is 0.429. The van der Waals surface area contributed by atoms with E-state index in [1.807, 2.05) is 36.9 Å². The van der Waals surface area contributed by atoms with Crippen molar-refractivity contribution in [1.82, 2.24) is 24.7 Å². The molecule has 0 aromatic carbocycles. The molecule has 4 rings (SSSR count). The largest absolute Gasteiger partial charge is 0.473 e. The summed E-state index contributed by atoms with van der Waals surface area (Å²) in [6.07, 6.45) is 3.50. The molecular weight excluding hydrogens is 458 g/mol. The highest BCUT2D eigenvalue weighted by atomic mass is 32.2. The quantitative estimate of drug-likeness (QED) is 0.357. The Morgan fingerprint density at radius 2 is 2.18 bits per heavy atom. The molecule has 2 aliphatic rings. The fourth-order valence-electron chi connectivity index (χ4n) is 3.84. The van der Waals surface area contributed by atoms with Gasteiger partial charge in [-0.05, 0) is 29.8 Å². The zero-order valence-electron chi connectivity index (χ0n) is 19.0. The first-order chi connectivity index (χ1) is 16.3. The van der Waals surface area contributed by atoms with Crippen molar-refractivity contribution in [1.29, 1.82) is 0 Å². The number of nitrogens with one attached hydrogen (secondary N) is 3. The summed E-state index contributed by atoms with van der Waals surface area (Å²) in [7, 11) is -1.10. The Hall–Kier alpha value is -3.29. The Labute approximate surface area is 200 Å². The van der Waals surface area contributed by atoms with Crippen LogP contribution >= 0.6 is 10.7 Å². The van der Waals surface area contributed by atoms with Crippen LogP contribution in [0.25, 0.3) is 0 Å². The van der Waals surface area contributed by atoms with Gasteiger partial charge < -0.3 is 26.4 Å². The van der Waals surface area contributed by atoms with Crippen molar-refractivity contribution in [2.75, 3.05) is 41.8 Å². The summed E-state index contributed by atoms with van der Waals surface area (Å²) in [5.41, 5.74) is 9.59. The van der Waals surface area contributed by atoms with Gasteiger partial charge in [0, 0.05) is 55.3 Å². The van der Waals surface area contributed by atoms with E-state index in [1.54, 1.807) is 22.2 Å². The van der Waals surface area contributed by atoms with E-state index in [-0.39, 0.29) is 17.9 Å². The van der Waals surface area contributed by atoms with E-state index < -0.39 is 27.9 Å². The summed E-state index contributed by atoms with van der Waals surface area (Å²) in [6.45, 7) is 6.07. The molecule has 4 heterocycles. The molecule has 182 valence electrons. The number of primary amides is 1. The molecule has 0 bridgehead atoms. The van der Waals surface area contributed by atoms with Gasteiger partial charge in [0.25, 0.3) is 0 Å². The maximum atomic E-state index is 11.7. The second-order valence-corrected chi connectivity index (χ2v) is 10.0. The number of pyridine rings is 1. The molecule has 0 spiro atoms. The molecule has 4 atom stereocenters. The lowest BCUT2D eigenvalue weighted by Crippen LogP contribution is -2.56. The highest BCUT2D eigenvalue weighted by Gasteiger charge is 2.28. The SMILES string of the molecule is CC1C=S(C(=O)O)N(Nc2nc(NC(C)c3cccnc3)cc(N3CCNC(C(N)=O)C3)n2)C1. The number of amides is 1. The first-order valence-corrected chi connectivity index (χ1v) is 12.2. The third kappa shape index (κ3) is 5.61. The minimum atomic E-state index is -1.10. The number of carbonyl (C=O) groups excluding carboxylic acids is 1. The monoisotopic (exact) mass is 487 g/mol. The lowest BCUT2D eigenvalue weighted by molar-refractivity contribution is -0.120. The van der Waals surface area contributed by atoms with E-state index >= 15 is 0 Å². The van der Waals surface area contributed by atoms with Crippen molar-refractivity contribution < 1.29 is 14.7 Å². The number of nitrogens with two attached hydrogens (primary N) is 1. The van der Waals surface area contributed by atoms with Crippen LogP contribution in [0.5, 0.6) is 0 Å². The summed E-state index contributed by atoms with van der Waals surface area (Å²) < 4.78 is 1.64. The molecule has 34 heavy (non-hydrogen) atoms. The molecule has 2 aromatic rings. The van der Waals surface area contributed by atoms with E-state index in [1.165, 1.54) is 0 Å². The van der Waals surface area contributed by atoms with Crippen LogP contribution in [0.3, 0.4) is 0 Å². The molecule has 0 radical (unpaired) electrons. The number of hydrogen-bond acceptors (Lipinski definition) is 10. The number of carbonyl (C=O) groups is 2. The van der Waals surface area contributed by atoms with Gasteiger partial charge in [0.15, 0.2) is 0 Å². The number of nitrogens with zero attached hydrogens (tertiary/aromatic N) is 5. The number of aromatic nitrogens is 3. The van der Waals surface area contributed by atoms with Crippen LogP contribution in [0.2, 0.25) is 0 Å².